The largest absolute Gasteiger partial charge is 0.489 e. The van der Waals surface area contributed by atoms with E-state index in [4.69, 9.17) is 9.47 Å². The first kappa shape index (κ1) is 18.5. The van der Waals surface area contributed by atoms with Crippen molar-refractivity contribution in [3.05, 3.63) is 90.0 Å². The Morgan fingerprint density at radius 2 is 1.30 bits per heavy atom. The molecular weight excluding hydrogens is 357 g/mol. The molecule has 0 heterocycles. The molecule has 0 unspecified atom stereocenters. The summed E-state index contributed by atoms with van der Waals surface area (Å²) in [6, 6.07) is 21.4. The van der Waals surface area contributed by atoms with E-state index in [0.29, 0.717) is 17.2 Å². The second-order valence-corrected chi connectivity index (χ2v) is 5.66. The summed E-state index contributed by atoms with van der Waals surface area (Å²) in [5, 5.41) is 0. The van der Waals surface area contributed by atoms with Crippen molar-refractivity contribution in [3.8, 4) is 17.2 Å². The Balaban J connectivity index is 1.66. The number of ketones is 1. The van der Waals surface area contributed by atoms with Crippen molar-refractivity contribution >= 4 is 5.78 Å². The highest BCUT2D eigenvalue weighted by Gasteiger charge is 2.40. The van der Waals surface area contributed by atoms with Crippen LogP contribution in [0.1, 0.15) is 15.9 Å². The van der Waals surface area contributed by atoms with E-state index in [9.17, 15) is 18.0 Å². The molecule has 6 heteroatoms. The van der Waals surface area contributed by atoms with Crippen molar-refractivity contribution < 1.29 is 27.4 Å². The second kappa shape index (κ2) is 7.95. The van der Waals surface area contributed by atoms with Crippen LogP contribution in [0.25, 0.3) is 0 Å². The van der Waals surface area contributed by atoms with E-state index in [1.807, 2.05) is 30.3 Å². The molecule has 27 heavy (non-hydrogen) atoms. The Labute approximate surface area is 154 Å². The van der Waals surface area contributed by atoms with Crippen LogP contribution in [0, 0.1) is 0 Å². The zero-order chi connectivity index (χ0) is 19.3. The standard InChI is InChI=1S/C21H15F3O3/c22-21(23,24)20(25)19-9-5-4-6-15(19)14-26-16-10-12-18(13-11-16)27-17-7-2-1-3-8-17/h1-13H,14H2. The summed E-state index contributed by atoms with van der Waals surface area (Å²) in [7, 11) is 0. The molecule has 3 aromatic carbocycles. The molecule has 3 aromatic rings. The zero-order valence-electron chi connectivity index (χ0n) is 14.1. The first-order valence-corrected chi connectivity index (χ1v) is 8.09. The molecule has 3 nitrogen and oxygen atoms in total. The van der Waals surface area contributed by atoms with Crippen molar-refractivity contribution in [3.63, 3.8) is 0 Å². The molecule has 3 rings (SSSR count). The van der Waals surface area contributed by atoms with Gasteiger partial charge in [0.2, 0.25) is 0 Å². The van der Waals surface area contributed by atoms with Crippen LogP contribution in [-0.4, -0.2) is 12.0 Å². The topological polar surface area (TPSA) is 35.5 Å². The van der Waals surface area contributed by atoms with Gasteiger partial charge in [0.15, 0.2) is 0 Å². The molecule has 0 N–H and O–H groups in total. The highest BCUT2D eigenvalue weighted by atomic mass is 19.4. The fraction of sp³-hybridized carbons (Fsp3) is 0.0952. The number of hydrogen-bond donors (Lipinski definition) is 0. The molecule has 0 spiro atoms. The Hall–Kier alpha value is -3.28. The van der Waals surface area contributed by atoms with Crippen molar-refractivity contribution in [1.29, 1.82) is 0 Å². The van der Waals surface area contributed by atoms with E-state index in [1.54, 1.807) is 30.3 Å². The minimum Gasteiger partial charge on any atom is -0.489 e. The van der Waals surface area contributed by atoms with Crippen LogP contribution in [0.2, 0.25) is 0 Å². The number of alkyl halides is 3. The average molecular weight is 372 g/mol. The SMILES string of the molecule is O=C(c1ccccc1COc1ccc(Oc2ccccc2)cc1)C(F)(F)F. The fourth-order valence-electron chi connectivity index (χ4n) is 2.41. The lowest BCUT2D eigenvalue weighted by molar-refractivity contribution is -0.0886. The quantitative estimate of drug-likeness (QED) is 0.513. The van der Waals surface area contributed by atoms with E-state index >= 15 is 0 Å². The average Bonchev–Trinajstić information content (AvgIpc) is 2.67. The van der Waals surface area contributed by atoms with Crippen LogP contribution < -0.4 is 9.47 Å². The third kappa shape index (κ3) is 4.88. The first-order chi connectivity index (χ1) is 12.9. The maximum atomic E-state index is 12.7. The molecule has 0 amide bonds. The number of halogens is 3. The van der Waals surface area contributed by atoms with Crippen LogP contribution in [0.5, 0.6) is 17.2 Å². The summed E-state index contributed by atoms with van der Waals surface area (Å²) < 4.78 is 49.3. The lowest BCUT2D eigenvalue weighted by Gasteiger charge is -2.12. The van der Waals surface area contributed by atoms with Crippen LogP contribution in [0.3, 0.4) is 0 Å². The van der Waals surface area contributed by atoms with Gasteiger partial charge >= 0.3 is 6.18 Å². The Morgan fingerprint density at radius 3 is 1.96 bits per heavy atom. The molecule has 138 valence electrons. The Morgan fingerprint density at radius 1 is 0.741 bits per heavy atom. The summed E-state index contributed by atoms with van der Waals surface area (Å²) in [4.78, 5) is 11.5. The fourth-order valence-corrected chi connectivity index (χ4v) is 2.41. The van der Waals surface area contributed by atoms with Crippen molar-refractivity contribution in [1.82, 2.24) is 0 Å². The van der Waals surface area contributed by atoms with E-state index in [2.05, 4.69) is 0 Å². The molecule has 0 aliphatic heterocycles. The highest BCUT2D eigenvalue weighted by molar-refractivity contribution is 6.01. The van der Waals surface area contributed by atoms with Gasteiger partial charge in [-0.15, -0.1) is 0 Å². The van der Waals surface area contributed by atoms with Crippen molar-refractivity contribution in [2.24, 2.45) is 0 Å². The molecular formula is C21H15F3O3. The normalized spacial score (nSPS) is 11.1. The number of carbonyl (C=O) groups is 1. The van der Waals surface area contributed by atoms with Gasteiger partial charge in [-0.25, -0.2) is 0 Å². The summed E-state index contributed by atoms with van der Waals surface area (Å²) in [5.74, 6) is -0.148. The summed E-state index contributed by atoms with van der Waals surface area (Å²) >= 11 is 0. The molecule has 0 aliphatic rings. The number of Topliss-reactive ketones (excluding diaryl/α,β-unsaturated/α-hetero) is 1. The summed E-state index contributed by atoms with van der Waals surface area (Å²) in [5.41, 5.74) is -0.238. The lowest BCUT2D eigenvalue weighted by atomic mass is 10.0. The minimum atomic E-state index is -4.92. The van der Waals surface area contributed by atoms with Gasteiger partial charge in [-0.3, -0.25) is 4.79 Å². The smallest absolute Gasteiger partial charge is 0.454 e. The molecule has 0 saturated heterocycles. The molecule has 0 bridgehead atoms. The van der Waals surface area contributed by atoms with Crippen LogP contribution in [0.15, 0.2) is 78.9 Å². The van der Waals surface area contributed by atoms with Crippen molar-refractivity contribution in [2.75, 3.05) is 0 Å². The van der Waals surface area contributed by atoms with Crippen LogP contribution >= 0.6 is 0 Å². The van der Waals surface area contributed by atoms with Gasteiger partial charge in [0.1, 0.15) is 23.9 Å². The molecule has 0 aliphatic carbocycles. The highest BCUT2D eigenvalue weighted by Crippen LogP contribution is 2.26. The maximum absolute atomic E-state index is 12.7. The van der Waals surface area contributed by atoms with Gasteiger partial charge < -0.3 is 9.47 Å². The number of ether oxygens (including phenoxy) is 2. The van der Waals surface area contributed by atoms with Gasteiger partial charge in [-0.1, -0.05) is 42.5 Å². The van der Waals surface area contributed by atoms with Crippen LogP contribution in [0.4, 0.5) is 13.2 Å². The summed E-state index contributed by atoms with van der Waals surface area (Å²) in [6.45, 7) is -0.156. The van der Waals surface area contributed by atoms with Gasteiger partial charge in [0.25, 0.3) is 5.78 Å². The van der Waals surface area contributed by atoms with Crippen molar-refractivity contribution in [2.45, 2.75) is 12.8 Å². The first-order valence-electron chi connectivity index (χ1n) is 8.09. The second-order valence-electron chi connectivity index (χ2n) is 5.66. The van der Waals surface area contributed by atoms with Gasteiger partial charge in [-0.05, 0) is 36.4 Å². The third-order valence-corrected chi connectivity index (χ3v) is 3.72. The van der Waals surface area contributed by atoms with Gasteiger partial charge in [0.05, 0.1) is 0 Å². The Kier molecular flexibility index (Phi) is 5.45. The van der Waals surface area contributed by atoms with E-state index in [1.165, 1.54) is 12.1 Å². The number of para-hydroxylation sites is 1. The predicted molar refractivity (Wildman–Crippen MR) is 94.1 cm³/mol. The summed E-state index contributed by atoms with van der Waals surface area (Å²) in [6.07, 6.45) is -4.92. The molecule has 0 aromatic heterocycles. The lowest BCUT2D eigenvalue weighted by Crippen LogP contribution is -2.24. The zero-order valence-corrected chi connectivity index (χ0v) is 14.1. The van der Waals surface area contributed by atoms with E-state index < -0.39 is 17.5 Å². The number of carbonyl (C=O) groups excluding carboxylic acids is 1. The van der Waals surface area contributed by atoms with Gasteiger partial charge in [-0.2, -0.15) is 13.2 Å². The monoisotopic (exact) mass is 372 g/mol. The van der Waals surface area contributed by atoms with Crippen LogP contribution in [-0.2, 0) is 6.61 Å². The maximum Gasteiger partial charge on any atom is 0.454 e. The van der Waals surface area contributed by atoms with E-state index in [-0.39, 0.29) is 12.2 Å². The third-order valence-electron chi connectivity index (χ3n) is 3.72. The minimum absolute atomic E-state index is 0.156. The number of hydrogen-bond acceptors (Lipinski definition) is 3. The Bertz CT molecular complexity index is 904. The molecule has 0 fully saturated rings. The molecule has 0 radical (unpaired) electrons. The number of benzene rings is 3. The predicted octanol–water partition coefficient (Wildman–Crippen LogP) is 5.80. The number of rotatable bonds is 6. The van der Waals surface area contributed by atoms with Gasteiger partial charge in [0, 0.05) is 11.1 Å². The molecule has 0 atom stereocenters. The van der Waals surface area contributed by atoms with E-state index in [0.717, 1.165) is 6.07 Å². The molecule has 0 saturated carbocycles.